The number of carbonyl (C=O) groups is 2. The van der Waals surface area contributed by atoms with E-state index in [1.807, 2.05) is 70.2 Å². The third-order valence-electron chi connectivity index (χ3n) is 3.82. The number of anilines is 2. The summed E-state index contributed by atoms with van der Waals surface area (Å²) < 4.78 is 0. The Morgan fingerprint density at radius 3 is 2.28 bits per heavy atom. The van der Waals surface area contributed by atoms with Gasteiger partial charge < -0.3 is 10.6 Å². The number of hydrogen-bond donors (Lipinski definition) is 2. The molecule has 5 heteroatoms. The number of rotatable bonds is 6. The molecule has 2 aromatic carbocycles. The van der Waals surface area contributed by atoms with Gasteiger partial charge in [-0.25, -0.2) is 0 Å². The van der Waals surface area contributed by atoms with E-state index in [0.717, 1.165) is 28.1 Å². The standard InChI is InChI=1S/C20H24N2O2S/c1-13-6-9-17(10-7-13)21-19(23)12-25-16(4)20(24)22-18-11-14(2)5-8-15(18)3/h5-11,16H,12H2,1-4H3,(H,21,23)(H,22,24)/t16-/m1/s1. The third kappa shape index (κ3) is 5.94. The van der Waals surface area contributed by atoms with Crippen LogP contribution in [0.2, 0.25) is 0 Å². The number of thioether (sulfide) groups is 1. The lowest BCUT2D eigenvalue weighted by molar-refractivity contribution is -0.115. The van der Waals surface area contributed by atoms with Crippen LogP contribution in [0.5, 0.6) is 0 Å². The molecular formula is C20H24N2O2S. The molecule has 0 heterocycles. The molecule has 0 saturated carbocycles. The van der Waals surface area contributed by atoms with Gasteiger partial charge in [0.15, 0.2) is 0 Å². The Bertz CT molecular complexity index is 757. The number of amides is 2. The molecule has 0 aliphatic heterocycles. The van der Waals surface area contributed by atoms with Gasteiger partial charge in [0.2, 0.25) is 11.8 Å². The molecular weight excluding hydrogens is 332 g/mol. The fourth-order valence-electron chi connectivity index (χ4n) is 2.22. The molecule has 4 nitrogen and oxygen atoms in total. The molecule has 0 aliphatic rings. The van der Waals surface area contributed by atoms with Crippen LogP contribution in [0, 0.1) is 20.8 Å². The second-order valence-corrected chi connectivity index (χ2v) is 7.50. The number of nitrogens with one attached hydrogen (secondary N) is 2. The van der Waals surface area contributed by atoms with Crippen LogP contribution in [-0.4, -0.2) is 22.8 Å². The van der Waals surface area contributed by atoms with Crippen LogP contribution in [-0.2, 0) is 9.59 Å². The summed E-state index contributed by atoms with van der Waals surface area (Å²) in [7, 11) is 0. The van der Waals surface area contributed by atoms with Crippen LogP contribution >= 0.6 is 11.8 Å². The van der Waals surface area contributed by atoms with Crippen LogP contribution in [0.1, 0.15) is 23.6 Å². The highest BCUT2D eigenvalue weighted by molar-refractivity contribution is 8.01. The van der Waals surface area contributed by atoms with Crippen molar-refractivity contribution >= 4 is 35.0 Å². The van der Waals surface area contributed by atoms with Crippen molar-refractivity contribution in [1.82, 2.24) is 0 Å². The van der Waals surface area contributed by atoms with E-state index >= 15 is 0 Å². The van der Waals surface area contributed by atoms with Crippen LogP contribution < -0.4 is 10.6 Å². The van der Waals surface area contributed by atoms with Gasteiger partial charge in [-0.2, -0.15) is 0 Å². The highest BCUT2D eigenvalue weighted by Crippen LogP contribution is 2.19. The van der Waals surface area contributed by atoms with Crippen molar-refractivity contribution in [2.75, 3.05) is 16.4 Å². The maximum Gasteiger partial charge on any atom is 0.237 e. The summed E-state index contributed by atoms with van der Waals surface area (Å²) >= 11 is 1.32. The Hall–Kier alpha value is -2.27. The molecule has 2 aromatic rings. The van der Waals surface area contributed by atoms with Crippen molar-refractivity contribution in [1.29, 1.82) is 0 Å². The van der Waals surface area contributed by atoms with Gasteiger partial charge in [0.25, 0.3) is 0 Å². The van der Waals surface area contributed by atoms with E-state index in [1.54, 1.807) is 0 Å². The van der Waals surface area contributed by atoms with Crippen molar-refractivity contribution in [2.24, 2.45) is 0 Å². The highest BCUT2D eigenvalue weighted by Gasteiger charge is 2.16. The van der Waals surface area contributed by atoms with E-state index in [4.69, 9.17) is 0 Å². The molecule has 1 atom stereocenters. The Kier molecular flexibility index (Phi) is 6.65. The first-order chi connectivity index (χ1) is 11.8. The summed E-state index contributed by atoms with van der Waals surface area (Å²) in [4.78, 5) is 24.3. The molecule has 2 rings (SSSR count). The summed E-state index contributed by atoms with van der Waals surface area (Å²) in [6.07, 6.45) is 0. The van der Waals surface area contributed by atoms with Gasteiger partial charge in [-0.3, -0.25) is 9.59 Å². The molecule has 0 saturated heterocycles. The Morgan fingerprint density at radius 2 is 1.60 bits per heavy atom. The lowest BCUT2D eigenvalue weighted by atomic mass is 10.1. The van der Waals surface area contributed by atoms with Crippen molar-refractivity contribution in [2.45, 2.75) is 32.9 Å². The number of hydrogen-bond acceptors (Lipinski definition) is 3. The van der Waals surface area contributed by atoms with E-state index in [9.17, 15) is 9.59 Å². The van der Waals surface area contributed by atoms with Gasteiger partial charge in [0, 0.05) is 11.4 Å². The van der Waals surface area contributed by atoms with E-state index in [-0.39, 0.29) is 22.8 Å². The Labute approximate surface area is 153 Å². The monoisotopic (exact) mass is 356 g/mol. The van der Waals surface area contributed by atoms with E-state index in [1.165, 1.54) is 11.8 Å². The van der Waals surface area contributed by atoms with E-state index in [2.05, 4.69) is 10.6 Å². The van der Waals surface area contributed by atoms with Crippen molar-refractivity contribution in [3.63, 3.8) is 0 Å². The summed E-state index contributed by atoms with van der Waals surface area (Å²) in [5.74, 6) is 0.0250. The lowest BCUT2D eigenvalue weighted by Gasteiger charge is -2.14. The zero-order valence-corrected chi connectivity index (χ0v) is 15.9. The second kappa shape index (κ2) is 8.72. The smallest absolute Gasteiger partial charge is 0.237 e. The fraction of sp³-hybridized carbons (Fsp3) is 0.300. The quantitative estimate of drug-likeness (QED) is 0.811. The topological polar surface area (TPSA) is 58.2 Å². The molecule has 0 aromatic heterocycles. The van der Waals surface area contributed by atoms with Crippen molar-refractivity contribution in [3.8, 4) is 0 Å². The molecule has 25 heavy (non-hydrogen) atoms. The molecule has 0 spiro atoms. The van der Waals surface area contributed by atoms with Crippen LogP contribution in [0.15, 0.2) is 42.5 Å². The maximum atomic E-state index is 12.3. The SMILES string of the molecule is Cc1ccc(NC(=O)CS[C@H](C)C(=O)Nc2cc(C)ccc2C)cc1. The zero-order valence-electron chi connectivity index (χ0n) is 15.1. The fourth-order valence-corrected chi connectivity index (χ4v) is 2.90. The average molecular weight is 356 g/mol. The lowest BCUT2D eigenvalue weighted by Crippen LogP contribution is -2.25. The first-order valence-corrected chi connectivity index (χ1v) is 9.26. The molecule has 0 aliphatic carbocycles. The van der Waals surface area contributed by atoms with Crippen LogP contribution in [0.3, 0.4) is 0 Å². The largest absolute Gasteiger partial charge is 0.325 e. The van der Waals surface area contributed by atoms with Gasteiger partial charge in [-0.15, -0.1) is 11.8 Å². The summed E-state index contributed by atoms with van der Waals surface area (Å²) in [6.45, 7) is 7.76. The maximum absolute atomic E-state index is 12.3. The van der Waals surface area contributed by atoms with E-state index < -0.39 is 0 Å². The number of aryl methyl sites for hydroxylation is 3. The first-order valence-electron chi connectivity index (χ1n) is 8.21. The van der Waals surface area contributed by atoms with Crippen molar-refractivity contribution in [3.05, 3.63) is 59.2 Å². The third-order valence-corrected chi connectivity index (χ3v) is 4.96. The molecule has 0 unspecified atom stereocenters. The van der Waals surface area contributed by atoms with Gasteiger partial charge in [-0.1, -0.05) is 29.8 Å². The van der Waals surface area contributed by atoms with E-state index in [0.29, 0.717) is 0 Å². The molecule has 0 bridgehead atoms. The predicted molar refractivity (Wildman–Crippen MR) is 106 cm³/mol. The summed E-state index contributed by atoms with van der Waals surface area (Å²) in [5.41, 5.74) is 4.85. The first kappa shape index (κ1) is 19.1. The van der Waals surface area contributed by atoms with Gasteiger partial charge in [-0.05, 0) is 57.0 Å². The number of benzene rings is 2. The Balaban J connectivity index is 1.83. The molecule has 2 amide bonds. The minimum absolute atomic E-state index is 0.0955. The summed E-state index contributed by atoms with van der Waals surface area (Å²) in [5, 5.41) is 5.46. The Morgan fingerprint density at radius 1 is 0.960 bits per heavy atom. The molecule has 0 radical (unpaired) electrons. The zero-order chi connectivity index (χ0) is 18.4. The predicted octanol–water partition coefficient (Wildman–Crippen LogP) is 4.31. The normalized spacial score (nSPS) is 11.7. The highest BCUT2D eigenvalue weighted by atomic mass is 32.2. The summed E-state index contributed by atoms with van der Waals surface area (Å²) in [6, 6.07) is 13.6. The average Bonchev–Trinajstić information content (AvgIpc) is 2.58. The van der Waals surface area contributed by atoms with Gasteiger partial charge in [0.1, 0.15) is 0 Å². The van der Waals surface area contributed by atoms with Crippen LogP contribution in [0.4, 0.5) is 11.4 Å². The minimum atomic E-state index is -0.316. The second-order valence-electron chi connectivity index (χ2n) is 6.18. The van der Waals surface area contributed by atoms with Crippen LogP contribution in [0.25, 0.3) is 0 Å². The minimum Gasteiger partial charge on any atom is -0.325 e. The molecule has 2 N–H and O–H groups in total. The van der Waals surface area contributed by atoms with Crippen molar-refractivity contribution < 1.29 is 9.59 Å². The molecule has 0 fully saturated rings. The number of carbonyl (C=O) groups excluding carboxylic acids is 2. The van der Waals surface area contributed by atoms with Gasteiger partial charge in [0.05, 0.1) is 11.0 Å². The molecule has 132 valence electrons. The van der Waals surface area contributed by atoms with Gasteiger partial charge >= 0.3 is 0 Å².